The maximum absolute atomic E-state index is 12.7. The van der Waals surface area contributed by atoms with E-state index in [1.54, 1.807) is 0 Å². The van der Waals surface area contributed by atoms with Gasteiger partial charge in [-0.1, -0.05) is 41.9 Å². The lowest BCUT2D eigenvalue weighted by Crippen LogP contribution is -2.49. The van der Waals surface area contributed by atoms with E-state index in [-0.39, 0.29) is 17.4 Å². The molecular weight excluding hydrogens is 368 g/mol. The molecular formula is C19H27BrN2O2. The van der Waals surface area contributed by atoms with Crippen LogP contribution in [0.2, 0.25) is 0 Å². The van der Waals surface area contributed by atoms with Gasteiger partial charge in [-0.05, 0) is 36.5 Å². The van der Waals surface area contributed by atoms with Crippen LogP contribution in [0.4, 0.5) is 0 Å². The topological polar surface area (TPSA) is 41.6 Å². The summed E-state index contributed by atoms with van der Waals surface area (Å²) in [5.41, 5.74) is 0.788. The highest BCUT2D eigenvalue weighted by molar-refractivity contribution is 9.10. The number of ether oxygens (including phenoxy) is 1. The van der Waals surface area contributed by atoms with Crippen LogP contribution in [0.15, 0.2) is 28.7 Å². The van der Waals surface area contributed by atoms with Crippen molar-refractivity contribution in [3.05, 3.63) is 34.3 Å². The smallest absolute Gasteiger partial charge is 0.230 e. The Labute approximate surface area is 153 Å². The molecule has 0 bridgehead atoms. The third-order valence-electron chi connectivity index (χ3n) is 4.90. The molecule has 24 heavy (non-hydrogen) atoms. The van der Waals surface area contributed by atoms with Gasteiger partial charge in [0.05, 0.1) is 18.1 Å². The molecule has 0 spiro atoms. The highest BCUT2D eigenvalue weighted by Crippen LogP contribution is 2.48. The molecule has 4 nitrogen and oxygen atoms in total. The zero-order valence-corrected chi connectivity index (χ0v) is 16.1. The van der Waals surface area contributed by atoms with E-state index in [1.165, 1.54) is 0 Å². The van der Waals surface area contributed by atoms with Crippen LogP contribution in [0.25, 0.3) is 0 Å². The number of morpholine rings is 1. The lowest BCUT2D eigenvalue weighted by molar-refractivity contribution is -0.124. The number of hydrogen-bond acceptors (Lipinski definition) is 3. The molecule has 1 heterocycles. The minimum Gasteiger partial charge on any atom is -0.374 e. The van der Waals surface area contributed by atoms with E-state index in [0.717, 1.165) is 49.1 Å². The minimum atomic E-state index is -0.323. The molecule has 1 aromatic rings. The molecule has 1 atom stereocenters. The second-order valence-corrected chi connectivity index (χ2v) is 8.36. The summed E-state index contributed by atoms with van der Waals surface area (Å²) >= 11 is 3.50. The molecule has 132 valence electrons. The Bertz CT molecular complexity index is 586. The molecule has 1 N–H and O–H groups in total. The zero-order valence-electron chi connectivity index (χ0n) is 14.6. The van der Waals surface area contributed by atoms with E-state index in [9.17, 15) is 4.79 Å². The summed E-state index contributed by atoms with van der Waals surface area (Å²) in [6, 6.07) is 8.12. The van der Waals surface area contributed by atoms with Crippen LogP contribution in [0.3, 0.4) is 0 Å². The van der Waals surface area contributed by atoms with Crippen molar-refractivity contribution in [1.82, 2.24) is 10.2 Å². The Kier molecular flexibility index (Phi) is 5.63. The largest absolute Gasteiger partial charge is 0.374 e. The molecule has 1 aliphatic carbocycles. The fourth-order valence-corrected chi connectivity index (χ4v) is 3.92. The van der Waals surface area contributed by atoms with E-state index in [4.69, 9.17) is 4.74 Å². The van der Waals surface area contributed by atoms with Gasteiger partial charge in [0.15, 0.2) is 0 Å². The number of hydrogen-bond donors (Lipinski definition) is 1. The van der Waals surface area contributed by atoms with E-state index >= 15 is 0 Å². The van der Waals surface area contributed by atoms with Crippen molar-refractivity contribution in [3.8, 4) is 0 Å². The maximum Gasteiger partial charge on any atom is 0.230 e. The SMILES string of the molecule is CC(C)CN1CCOC(CNC(=O)C2(c3cccc(Br)c3)CC2)C1. The van der Waals surface area contributed by atoms with Crippen LogP contribution in [0, 0.1) is 5.92 Å². The molecule has 0 radical (unpaired) electrons. The predicted molar refractivity (Wildman–Crippen MR) is 99.1 cm³/mol. The van der Waals surface area contributed by atoms with E-state index < -0.39 is 0 Å². The lowest BCUT2D eigenvalue weighted by Gasteiger charge is -2.34. The number of rotatable bonds is 6. The van der Waals surface area contributed by atoms with E-state index in [2.05, 4.69) is 52.1 Å². The van der Waals surface area contributed by atoms with Crippen molar-refractivity contribution in [1.29, 1.82) is 0 Å². The number of nitrogens with one attached hydrogen (secondary N) is 1. The number of nitrogens with zero attached hydrogens (tertiary/aromatic N) is 1. The first kappa shape index (κ1) is 17.9. The minimum absolute atomic E-state index is 0.0970. The van der Waals surface area contributed by atoms with Crippen molar-refractivity contribution >= 4 is 21.8 Å². The van der Waals surface area contributed by atoms with Crippen LogP contribution in [0.1, 0.15) is 32.3 Å². The van der Waals surface area contributed by atoms with Crippen LogP contribution in [-0.4, -0.2) is 49.7 Å². The standard InChI is InChI=1S/C19H27BrN2O2/c1-14(2)12-22-8-9-24-17(13-22)11-21-18(23)19(6-7-19)15-4-3-5-16(20)10-15/h3-5,10,14,17H,6-9,11-13H2,1-2H3,(H,21,23). The molecule has 2 aliphatic rings. The molecule has 1 unspecified atom stereocenters. The molecule has 2 fully saturated rings. The summed E-state index contributed by atoms with van der Waals surface area (Å²) in [5, 5.41) is 3.14. The van der Waals surface area contributed by atoms with Crippen LogP contribution < -0.4 is 5.32 Å². The van der Waals surface area contributed by atoms with Crippen molar-refractivity contribution in [3.63, 3.8) is 0 Å². The Hall–Kier alpha value is -0.910. The summed E-state index contributed by atoms with van der Waals surface area (Å²) in [6.07, 6.45) is 1.96. The molecule has 5 heteroatoms. The van der Waals surface area contributed by atoms with Crippen LogP contribution >= 0.6 is 15.9 Å². The molecule has 3 rings (SSSR count). The fraction of sp³-hybridized carbons (Fsp3) is 0.632. The highest BCUT2D eigenvalue weighted by Gasteiger charge is 2.51. The normalized spacial score (nSPS) is 23.2. The monoisotopic (exact) mass is 394 g/mol. The van der Waals surface area contributed by atoms with Crippen molar-refractivity contribution in [2.75, 3.05) is 32.8 Å². The van der Waals surface area contributed by atoms with Gasteiger partial charge >= 0.3 is 0 Å². The molecule has 1 saturated carbocycles. The van der Waals surface area contributed by atoms with Gasteiger partial charge in [-0.2, -0.15) is 0 Å². The summed E-state index contributed by atoms with van der Waals surface area (Å²) in [4.78, 5) is 15.2. The maximum atomic E-state index is 12.7. The molecule has 1 aliphatic heterocycles. The molecule has 0 aromatic heterocycles. The van der Waals surface area contributed by atoms with Crippen molar-refractivity contribution in [2.45, 2.75) is 38.2 Å². The summed E-state index contributed by atoms with van der Waals surface area (Å²) in [7, 11) is 0. The first-order valence-electron chi connectivity index (χ1n) is 8.88. The van der Waals surface area contributed by atoms with Gasteiger partial charge in [0.2, 0.25) is 5.91 Å². The van der Waals surface area contributed by atoms with Crippen molar-refractivity contribution < 1.29 is 9.53 Å². The quantitative estimate of drug-likeness (QED) is 0.806. The van der Waals surface area contributed by atoms with Gasteiger partial charge < -0.3 is 10.1 Å². The summed E-state index contributed by atoms with van der Waals surface area (Å²) in [5.74, 6) is 0.801. The molecule has 1 saturated heterocycles. The average molecular weight is 395 g/mol. The Morgan fingerprint density at radius 3 is 2.92 bits per heavy atom. The number of benzene rings is 1. The number of halogens is 1. The molecule has 1 aromatic carbocycles. The number of amides is 1. The van der Waals surface area contributed by atoms with Gasteiger partial charge in [-0.25, -0.2) is 0 Å². The van der Waals surface area contributed by atoms with E-state index in [0.29, 0.717) is 12.5 Å². The van der Waals surface area contributed by atoms with E-state index in [1.807, 2.05) is 12.1 Å². The fourth-order valence-electron chi connectivity index (χ4n) is 3.52. The number of carbonyl (C=O) groups excluding carboxylic acids is 1. The van der Waals surface area contributed by atoms with Crippen LogP contribution in [-0.2, 0) is 14.9 Å². The summed E-state index contributed by atoms with van der Waals surface area (Å²) in [6.45, 7) is 8.82. The second kappa shape index (κ2) is 7.54. The second-order valence-electron chi connectivity index (χ2n) is 7.45. The predicted octanol–water partition coefficient (Wildman–Crippen LogP) is 2.95. The number of carbonyl (C=O) groups is 1. The van der Waals surface area contributed by atoms with Gasteiger partial charge in [-0.15, -0.1) is 0 Å². The van der Waals surface area contributed by atoms with Crippen molar-refractivity contribution in [2.24, 2.45) is 5.92 Å². The van der Waals surface area contributed by atoms with Gasteiger partial charge in [-0.3, -0.25) is 9.69 Å². The lowest BCUT2D eigenvalue weighted by atomic mass is 9.95. The summed E-state index contributed by atoms with van der Waals surface area (Å²) < 4.78 is 6.86. The first-order valence-corrected chi connectivity index (χ1v) is 9.67. The highest BCUT2D eigenvalue weighted by atomic mass is 79.9. The third-order valence-corrected chi connectivity index (χ3v) is 5.39. The average Bonchev–Trinajstić information content (AvgIpc) is 3.34. The Morgan fingerprint density at radius 1 is 1.46 bits per heavy atom. The first-order chi connectivity index (χ1) is 11.5. The Balaban J connectivity index is 1.54. The zero-order chi connectivity index (χ0) is 17.2. The van der Waals surface area contributed by atoms with Gasteiger partial charge in [0.1, 0.15) is 0 Å². The molecule has 1 amide bonds. The Morgan fingerprint density at radius 2 is 2.25 bits per heavy atom. The van der Waals surface area contributed by atoms with Gasteiger partial charge in [0.25, 0.3) is 0 Å². The van der Waals surface area contributed by atoms with Gasteiger partial charge in [0, 0.05) is 30.7 Å². The third kappa shape index (κ3) is 4.19. The van der Waals surface area contributed by atoms with Crippen LogP contribution in [0.5, 0.6) is 0 Å².